The van der Waals surface area contributed by atoms with E-state index in [4.69, 9.17) is 0 Å². The summed E-state index contributed by atoms with van der Waals surface area (Å²) < 4.78 is 37.7. The summed E-state index contributed by atoms with van der Waals surface area (Å²) in [6, 6.07) is 3.16. The number of hydrogen-bond acceptors (Lipinski definition) is 3. The number of carbonyl (C=O) groups is 2. The summed E-state index contributed by atoms with van der Waals surface area (Å²) in [7, 11) is 1.46. The summed E-state index contributed by atoms with van der Waals surface area (Å²) >= 11 is 1.09. The second-order valence-corrected chi connectivity index (χ2v) is 5.43. The molecule has 0 saturated carbocycles. The van der Waals surface area contributed by atoms with E-state index < -0.39 is 22.9 Å². The smallest absolute Gasteiger partial charge is 0.359 e. The van der Waals surface area contributed by atoms with Gasteiger partial charge in [-0.2, -0.15) is 13.2 Å². The first-order valence-electron chi connectivity index (χ1n) is 5.70. The van der Waals surface area contributed by atoms with Crippen LogP contribution in [0.4, 0.5) is 18.9 Å². The topological polar surface area (TPSA) is 58.2 Å². The van der Waals surface area contributed by atoms with Crippen LogP contribution in [-0.4, -0.2) is 24.1 Å². The van der Waals surface area contributed by atoms with Crippen molar-refractivity contribution >= 4 is 29.3 Å². The van der Waals surface area contributed by atoms with Crippen LogP contribution in [0.25, 0.3) is 0 Å². The van der Waals surface area contributed by atoms with Crippen LogP contribution in [0.3, 0.4) is 0 Å². The number of nitrogens with one attached hydrogen (secondary N) is 2. The van der Waals surface area contributed by atoms with Gasteiger partial charge in [0.15, 0.2) is 0 Å². The van der Waals surface area contributed by atoms with Crippen molar-refractivity contribution in [3.8, 4) is 0 Å². The van der Waals surface area contributed by atoms with Gasteiger partial charge in [0.2, 0.25) is 11.8 Å². The molecule has 4 nitrogen and oxygen atoms in total. The average molecular weight is 304 g/mol. The number of rotatable bonds is 2. The minimum Gasteiger partial charge on any atom is -0.359 e. The van der Waals surface area contributed by atoms with Crippen LogP contribution < -0.4 is 10.6 Å². The Morgan fingerprint density at radius 2 is 2.15 bits per heavy atom. The summed E-state index contributed by atoms with van der Waals surface area (Å²) in [5.41, 5.74) is -0.690. The van der Waals surface area contributed by atoms with Crippen molar-refractivity contribution in [2.45, 2.75) is 22.7 Å². The van der Waals surface area contributed by atoms with Gasteiger partial charge in [0, 0.05) is 18.4 Å². The lowest BCUT2D eigenvalue weighted by Gasteiger charge is -2.24. The molecule has 0 aliphatic carbocycles. The van der Waals surface area contributed by atoms with Crippen LogP contribution in [0.5, 0.6) is 0 Å². The van der Waals surface area contributed by atoms with Crippen molar-refractivity contribution in [3.05, 3.63) is 23.8 Å². The first-order chi connectivity index (χ1) is 9.31. The first kappa shape index (κ1) is 14.7. The third-order valence-corrected chi connectivity index (χ3v) is 4.05. The van der Waals surface area contributed by atoms with Crippen LogP contribution in [-0.2, 0) is 15.8 Å². The van der Waals surface area contributed by atoms with E-state index in [1.54, 1.807) is 0 Å². The molecule has 2 rings (SSSR count). The van der Waals surface area contributed by atoms with E-state index in [1.165, 1.54) is 13.1 Å². The van der Waals surface area contributed by atoms with E-state index >= 15 is 0 Å². The van der Waals surface area contributed by atoms with Gasteiger partial charge in [-0.25, -0.2) is 0 Å². The monoisotopic (exact) mass is 304 g/mol. The Balaban J connectivity index is 2.23. The number of halogens is 3. The van der Waals surface area contributed by atoms with Gasteiger partial charge in [0.25, 0.3) is 0 Å². The van der Waals surface area contributed by atoms with Crippen LogP contribution >= 0.6 is 11.8 Å². The van der Waals surface area contributed by atoms with Crippen molar-refractivity contribution in [2.24, 2.45) is 0 Å². The predicted octanol–water partition coefficient (Wildman–Crippen LogP) is 2.25. The molecule has 1 heterocycles. The van der Waals surface area contributed by atoms with Gasteiger partial charge in [-0.15, -0.1) is 11.8 Å². The molecule has 1 atom stereocenters. The molecule has 0 fully saturated rings. The highest BCUT2D eigenvalue weighted by Crippen LogP contribution is 2.40. The van der Waals surface area contributed by atoms with Gasteiger partial charge >= 0.3 is 6.18 Å². The zero-order chi connectivity index (χ0) is 14.9. The summed E-state index contributed by atoms with van der Waals surface area (Å²) in [4.78, 5) is 23.6. The van der Waals surface area contributed by atoms with E-state index in [2.05, 4.69) is 10.6 Å². The fraction of sp³-hybridized carbons (Fsp3) is 0.333. The number of fused-ring (bicyclic) bond motifs is 1. The molecule has 2 N–H and O–H groups in total. The van der Waals surface area contributed by atoms with Gasteiger partial charge in [-0.3, -0.25) is 9.59 Å². The fourth-order valence-corrected chi connectivity index (χ4v) is 2.82. The predicted molar refractivity (Wildman–Crippen MR) is 68.4 cm³/mol. The van der Waals surface area contributed by atoms with Crippen molar-refractivity contribution in [2.75, 3.05) is 12.4 Å². The molecular weight excluding hydrogens is 293 g/mol. The maximum atomic E-state index is 12.6. The second kappa shape index (κ2) is 5.35. The number of benzene rings is 1. The molecule has 0 bridgehead atoms. The summed E-state index contributed by atoms with van der Waals surface area (Å²) in [6.07, 6.45) is -4.48. The lowest BCUT2D eigenvalue weighted by Crippen LogP contribution is -2.33. The standard InChI is InChI=1S/C12H11F3N2O2S/c1-16-10(18)5-9-11(19)17-7-4-6(12(13,14)15)2-3-8(7)20-9/h2-4,9H,5H2,1H3,(H,16,18)(H,17,19). The molecule has 0 aromatic heterocycles. The Labute approximate surface area is 117 Å². The molecule has 0 radical (unpaired) electrons. The third kappa shape index (κ3) is 3.06. The maximum absolute atomic E-state index is 12.6. The minimum atomic E-state index is -4.45. The highest BCUT2D eigenvalue weighted by molar-refractivity contribution is 8.01. The van der Waals surface area contributed by atoms with Gasteiger partial charge < -0.3 is 10.6 Å². The first-order valence-corrected chi connectivity index (χ1v) is 6.58. The number of hydrogen-bond donors (Lipinski definition) is 2. The van der Waals surface area contributed by atoms with E-state index in [1.807, 2.05) is 0 Å². The summed E-state index contributed by atoms with van der Waals surface area (Å²) in [5, 5.41) is 4.18. The second-order valence-electron chi connectivity index (χ2n) is 4.18. The molecule has 8 heteroatoms. The lowest BCUT2D eigenvalue weighted by molar-refractivity contribution is -0.137. The Hall–Kier alpha value is -1.70. The largest absolute Gasteiger partial charge is 0.416 e. The maximum Gasteiger partial charge on any atom is 0.416 e. The summed E-state index contributed by atoms with van der Waals surface area (Å²) in [5.74, 6) is -0.765. The van der Waals surface area contributed by atoms with E-state index in [9.17, 15) is 22.8 Å². The average Bonchev–Trinajstić information content (AvgIpc) is 2.37. The number of thioether (sulfide) groups is 1. The molecule has 2 amide bonds. The zero-order valence-electron chi connectivity index (χ0n) is 10.4. The molecule has 0 saturated heterocycles. The van der Waals surface area contributed by atoms with Crippen LogP contribution in [0.2, 0.25) is 0 Å². The highest BCUT2D eigenvalue weighted by Gasteiger charge is 2.34. The number of amides is 2. The van der Waals surface area contributed by atoms with Crippen molar-refractivity contribution in [1.29, 1.82) is 0 Å². The molecule has 0 spiro atoms. The molecule has 1 aromatic carbocycles. The number of anilines is 1. The number of carbonyl (C=O) groups excluding carboxylic acids is 2. The highest BCUT2D eigenvalue weighted by atomic mass is 32.2. The third-order valence-electron chi connectivity index (χ3n) is 2.78. The fourth-order valence-electron chi connectivity index (χ4n) is 1.73. The van der Waals surface area contributed by atoms with E-state index in [0.29, 0.717) is 4.90 Å². The molecule has 1 aliphatic rings. The normalized spacial score (nSPS) is 18.2. The van der Waals surface area contributed by atoms with E-state index in [0.717, 1.165) is 23.9 Å². The molecule has 20 heavy (non-hydrogen) atoms. The van der Waals surface area contributed by atoms with E-state index in [-0.39, 0.29) is 18.0 Å². The Bertz CT molecular complexity index is 560. The molecule has 1 aromatic rings. The van der Waals surface area contributed by atoms with Gasteiger partial charge in [0.05, 0.1) is 16.5 Å². The van der Waals surface area contributed by atoms with Crippen LogP contribution in [0, 0.1) is 0 Å². The molecule has 1 aliphatic heterocycles. The van der Waals surface area contributed by atoms with Crippen LogP contribution in [0.1, 0.15) is 12.0 Å². The zero-order valence-corrected chi connectivity index (χ0v) is 11.2. The number of alkyl halides is 3. The summed E-state index contributed by atoms with van der Waals surface area (Å²) in [6.45, 7) is 0. The van der Waals surface area contributed by atoms with Crippen molar-refractivity contribution in [1.82, 2.24) is 5.32 Å². The Morgan fingerprint density at radius 1 is 1.45 bits per heavy atom. The Kier molecular flexibility index (Phi) is 3.94. The lowest BCUT2D eigenvalue weighted by atomic mass is 10.1. The molecular formula is C12H11F3N2O2S. The van der Waals surface area contributed by atoms with Gasteiger partial charge in [-0.05, 0) is 18.2 Å². The SMILES string of the molecule is CNC(=O)CC1Sc2ccc(C(F)(F)F)cc2NC1=O. The van der Waals surface area contributed by atoms with Crippen molar-refractivity contribution < 1.29 is 22.8 Å². The molecule has 108 valence electrons. The van der Waals surface area contributed by atoms with Crippen molar-refractivity contribution in [3.63, 3.8) is 0 Å². The molecule has 1 unspecified atom stereocenters. The van der Waals surface area contributed by atoms with Gasteiger partial charge in [-0.1, -0.05) is 0 Å². The minimum absolute atomic E-state index is 0.0204. The van der Waals surface area contributed by atoms with Crippen LogP contribution in [0.15, 0.2) is 23.1 Å². The quantitative estimate of drug-likeness (QED) is 0.881. The van der Waals surface area contributed by atoms with Gasteiger partial charge in [0.1, 0.15) is 0 Å². The Morgan fingerprint density at radius 3 is 2.75 bits per heavy atom.